The summed E-state index contributed by atoms with van der Waals surface area (Å²) in [5, 5.41) is 0. The number of rotatable bonds is 2. The first-order valence-corrected chi connectivity index (χ1v) is 8.75. The number of carbonyl (C=O) groups is 1. The molecule has 1 amide bonds. The highest BCUT2D eigenvalue weighted by Gasteiger charge is 2.30. The molecule has 0 bridgehead atoms. The SMILES string of the molecule is O=C(C[NH+]1CCOCC1)N1c2ccccc2Sc2ccccc21. The van der Waals surface area contributed by atoms with Crippen molar-refractivity contribution in [3.8, 4) is 0 Å². The second kappa shape index (κ2) is 6.35. The number of anilines is 2. The largest absolute Gasteiger partial charge is 0.370 e. The van der Waals surface area contributed by atoms with Gasteiger partial charge >= 0.3 is 0 Å². The summed E-state index contributed by atoms with van der Waals surface area (Å²) in [6.45, 7) is 3.79. The molecule has 1 saturated heterocycles. The topological polar surface area (TPSA) is 34.0 Å². The average molecular weight is 327 g/mol. The van der Waals surface area contributed by atoms with Gasteiger partial charge in [0.15, 0.2) is 6.54 Å². The Balaban J connectivity index is 1.67. The Morgan fingerprint density at radius 3 is 2.17 bits per heavy atom. The summed E-state index contributed by atoms with van der Waals surface area (Å²) in [4.78, 5) is 18.5. The molecule has 0 aliphatic carbocycles. The molecule has 1 N–H and O–H groups in total. The number of ether oxygens (including phenoxy) is 1. The van der Waals surface area contributed by atoms with Gasteiger partial charge in [-0.2, -0.15) is 0 Å². The van der Waals surface area contributed by atoms with E-state index in [0.717, 1.165) is 47.5 Å². The molecule has 118 valence electrons. The van der Waals surface area contributed by atoms with Crippen LogP contribution in [-0.2, 0) is 9.53 Å². The van der Waals surface area contributed by atoms with Crippen LogP contribution in [0.3, 0.4) is 0 Å². The summed E-state index contributed by atoms with van der Waals surface area (Å²) >= 11 is 1.73. The molecule has 2 heterocycles. The quantitative estimate of drug-likeness (QED) is 0.912. The lowest BCUT2D eigenvalue weighted by atomic mass is 10.2. The highest BCUT2D eigenvalue weighted by molar-refractivity contribution is 7.99. The van der Waals surface area contributed by atoms with Crippen LogP contribution in [0, 0.1) is 0 Å². The van der Waals surface area contributed by atoms with Crippen molar-refractivity contribution in [3.05, 3.63) is 48.5 Å². The molecule has 0 spiro atoms. The van der Waals surface area contributed by atoms with Gasteiger partial charge in [0.1, 0.15) is 13.1 Å². The first-order valence-electron chi connectivity index (χ1n) is 7.93. The van der Waals surface area contributed by atoms with Crippen LogP contribution in [0.2, 0.25) is 0 Å². The third-order valence-corrected chi connectivity index (χ3v) is 5.41. The molecule has 0 aromatic heterocycles. The molecule has 4 rings (SSSR count). The summed E-state index contributed by atoms with van der Waals surface area (Å²) in [6.07, 6.45) is 0. The first kappa shape index (κ1) is 14.8. The van der Waals surface area contributed by atoms with Gasteiger partial charge in [-0.3, -0.25) is 9.69 Å². The van der Waals surface area contributed by atoms with E-state index in [1.54, 1.807) is 11.8 Å². The third-order valence-electron chi connectivity index (χ3n) is 4.28. The van der Waals surface area contributed by atoms with Crippen molar-refractivity contribution in [2.24, 2.45) is 0 Å². The molecule has 4 nitrogen and oxygen atoms in total. The lowest BCUT2D eigenvalue weighted by molar-refractivity contribution is -0.900. The van der Waals surface area contributed by atoms with Crippen molar-refractivity contribution in [1.82, 2.24) is 0 Å². The molecule has 2 aliphatic rings. The number of amides is 1. The Bertz CT molecular complexity index is 683. The van der Waals surface area contributed by atoms with Crippen molar-refractivity contribution in [2.75, 3.05) is 37.7 Å². The van der Waals surface area contributed by atoms with E-state index in [1.165, 1.54) is 4.90 Å². The summed E-state index contributed by atoms with van der Waals surface area (Å²) < 4.78 is 5.39. The Morgan fingerprint density at radius 1 is 1.00 bits per heavy atom. The third kappa shape index (κ3) is 2.87. The predicted molar refractivity (Wildman–Crippen MR) is 90.5 cm³/mol. The fraction of sp³-hybridized carbons (Fsp3) is 0.278. The van der Waals surface area contributed by atoms with E-state index < -0.39 is 0 Å². The number of nitrogens with one attached hydrogen (secondary N) is 1. The maximum atomic E-state index is 13.0. The van der Waals surface area contributed by atoms with E-state index in [1.807, 2.05) is 41.3 Å². The van der Waals surface area contributed by atoms with Gasteiger partial charge in [-0.05, 0) is 24.3 Å². The Labute approximate surface area is 140 Å². The summed E-state index contributed by atoms with van der Waals surface area (Å²) in [5.41, 5.74) is 1.99. The van der Waals surface area contributed by atoms with E-state index >= 15 is 0 Å². The Morgan fingerprint density at radius 2 is 1.57 bits per heavy atom. The molecule has 1 fully saturated rings. The smallest absolute Gasteiger partial charge is 0.286 e. The number of carbonyl (C=O) groups excluding carboxylic acids is 1. The number of quaternary nitrogens is 1. The number of morpholine rings is 1. The van der Waals surface area contributed by atoms with E-state index in [0.29, 0.717) is 6.54 Å². The molecule has 2 aliphatic heterocycles. The average Bonchev–Trinajstić information content (AvgIpc) is 2.60. The van der Waals surface area contributed by atoms with Crippen molar-refractivity contribution in [2.45, 2.75) is 9.79 Å². The van der Waals surface area contributed by atoms with Gasteiger partial charge in [0.2, 0.25) is 0 Å². The number of fused-ring (bicyclic) bond motifs is 2. The van der Waals surface area contributed by atoms with Gasteiger partial charge in [0, 0.05) is 9.79 Å². The standard InChI is InChI=1S/C18H18N2O2S/c21-18(13-19-9-11-22-12-10-19)20-14-5-1-3-7-16(14)23-17-8-4-2-6-15(17)20/h1-8H,9-13H2/p+1. The van der Waals surface area contributed by atoms with Crippen molar-refractivity contribution >= 4 is 29.0 Å². The number of hydrogen-bond donors (Lipinski definition) is 1. The van der Waals surface area contributed by atoms with Crippen molar-refractivity contribution in [1.29, 1.82) is 0 Å². The molecular weight excluding hydrogens is 308 g/mol. The second-order valence-corrected chi connectivity index (χ2v) is 6.89. The van der Waals surface area contributed by atoms with E-state index in [2.05, 4.69) is 12.1 Å². The second-order valence-electron chi connectivity index (χ2n) is 5.81. The summed E-state index contributed by atoms with van der Waals surface area (Å²) in [7, 11) is 0. The zero-order valence-corrected chi connectivity index (χ0v) is 13.6. The van der Waals surface area contributed by atoms with Crippen LogP contribution in [0.4, 0.5) is 11.4 Å². The van der Waals surface area contributed by atoms with E-state index in [-0.39, 0.29) is 5.91 Å². The summed E-state index contributed by atoms with van der Waals surface area (Å²) in [5.74, 6) is 0.155. The molecule has 0 radical (unpaired) electrons. The molecule has 0 unspecified atom stereocenters. The van der Waals surface area contributed by atoms with Gasteiger partial charge in [-0.1, -0.05) is 36.0 Å². The van der Waals surface area contributed by atoms with Crippen LogP contribution >= 0.6 is 11.8 Å². The van der Waals surface area contributed by atoms with Crippen LogP contribution in [0.1, 0.15) is 0 Å². The number of para-hydroxylation sites is 2. The van der Waals surface area contributed by atoms with Crippen molar-refractivity contribution in [3.63, 3.8) is 0 Å². The minimum absolute atomic E-state index is 0.155. The lowest BCUT2D eigenvalue weighted by Gasteiger charge is -2.32. The molecule has 2 aromatic rings. The van der Waals surface area contributed by atoms with Crippen LogP contribution in [0.5, 0.6) is 0 Å². The monoisotopic (exact) mass is 327 g/mol. The molecule has 2 aromatic carbocycles. The van der Waals surface area contributed by atoms with E-state index in [9.17, 15) is 4.79 Å². The highest BCUT2D eigenvalue weighted by atomic mass is 32.2. The molecule has 0 saturated carbocycles. The molecule has 5 heteroatoms. The van der Waals surface area contributed by atoms with Gasteiger partial charge < -0.3 is 9.64 Å². The lowest BCUT2D eigenvalue weighted by Crippen LogP contribution is -3.15. The fourth-order valence-electron chi connectivity index (χ4n) is 3.10. The minimum Gasteiger partial charge on any atom is -0.370 e. The van der Waals surface area contributed by atoms with Crippen LogP contribution in [0.15, 0.2) is 58.3 Å². The maximum absolute atomic E-state index is 13.0. The number of nitrogens with zero attached hydrogens (tertiary/aromatic N) is 1. The van der Waals surface area contributed by atoms with Gasteiger partial charge in [0.05, 0.1) is 24.6 Å². The van der Waals surface area contributed by atoms with Gasteiger partial charge in [-0.15, -0.1) is 0 Å². The normalized spacial score (nSPS) is 17.5. The molecule has 23 heavy (non-hydrogen) atoms. The predicted octanol–water partition coefficient (Wildman–Crippen LogP) is 1.73. The zero-order chi connectivity index (χ0) is 15.6. The van der Waals surface area contributed by atoms with Crippen LogP contribution < -0.4 is 9.80 Å². The Kier molecular flexibility index (Phi) is 4.08. The van der Waals surface area contributed by atoms with Crippen molar-refractivity contribution < 1.29 is 14.4 Å². The fourth-order valence-corrected chi connectivity index (χ4v) is 4.16. The number of benzene rings is 2. The van der Waals surface area contributed by atoms with Crippen LogP contribution in [0.25, 0.3) is 0 Å². The minimum atomic E-state index is 0.155. The zero-order valence-electron chi connectivity index (χ0n) is 12.8. The highest BCUT2D eigenvalue weighted by Crippen LogP contribution is 2.47. The molecule has 0 atom stereocenters. The van der Waals surface area contributed by atoms with Gasteiger partial charge in [0.25, 0.3) is 5.91 Å². The number of hydrogen-bond acceptors (Lipinski definition) is 3. The Hall–Kier alpha value is -1.82. The van der Waals surface area contributed by atoms with Gasteiger partial charge in [-0.25, -0.2) is 0 Å². The summed E-state index contributed by atoms with van der Waals surface area (Å²) in [6, 6.07) is 16.3. The van der Waals surface area contributed by atoms with Crippen LogP contribution in [-0.4, -0.2) is 38.8 Å². The first-order chi connectivity index (χ1) is 11.3. The van der Waals surface area contributed by atoms with E-state index in [4.69, 9.17) is 4.74 Å². The maximum Gasteiger partial charge on any atom is 0.286 e. The molecular formula is C18H19N2O2S+.